The summed E-state index contributed by atoms with van der Waals surface area (Å²) in [7, 11) is 0. The molecule has 1 saturated heterocycles. The lowest BCUT2D eigenvalue weighted by atomic mass is 9.81. The van der Waals surface area contributed by atoms with E-state index in [2.05, 4.69) is 39.5 Å². The van der Waals surface area contributed by atoms with Crippen LogP contribution >= 0.6 is 0 Å². The first kappa shape index (κ1) is 14.0. The van der Waals surface area contributed by atoms with Crippen molar-refractivity contribution in [3.05, 3.63) is 0 Å². The lowest BCUT2D eigenvalue weighted by Gasteiger charge is -2.45. The molecule has 1 heterocycles. The van der Waals surface area contributed by atoms with E-state index in [-0.39, 0.29) is 11.5 Å². The fraction of sp³-hybridized carbons (Fsp3) is 1.00. The Labute approximate surface area is 101 Å². The summed E-state index contributed by atoms with van der Waals surface area (Å²) in [6.07, 6.45) is 1.10. The van der Waals surface area contributed by atoms with Crippen LogP contribution in [0.1, 0.15) is 48.0 Å². The molecule has 0 amide bonds. The van der Waals surface area contributed by atoms with E-state index in [1.807, 2.05) is 6.92 Å². The zero-order valence-electron chi connectivity index (χ0n) is 11.8. The maximum absolute atomic E-state index is 9.80. The molecule has 0 radical (unpaired) electrons. The van der Waals surface area contributed by atoms with Crippen LogP contribution in [-0.4, -0.2) is 35.2 Å². The van der Waals surface area contributed by atoms with E-state index in [0.717, 1.165) is 18.4 Å². The molecule has 1 aliphatic heterocycles. The van der Waals surface area contributed by atoms with Crippen LogP contribution in [-0.2, 0) is 0 Å². The lowest BCUT2D eigenvalue weighted by molar-refractivity contribution is -0.00644. The number of hydrogen-bond acceptors (Lipinski definition) is 2. The fourth-order valence-corrected chi connectivity index (χ4v) is 2.70. The Morgan fingerprint density at radius 2 is 1.88 bits per heavy atom. The van der Waals surface area contributed by atoms with Gasteiger partial charge in [-0.15, -0.1) is 0 Å². The van der Waals surface area contributed by atoms with Gasteiger partial charge in [0.25, 0.3) is 0 Å². The third kappa shape index (κ3) is 3.21. The maximum atomic E-state index is 9.80. The van der Waals surface area contributed by atoms with Gasteiger partial charge in [0, 0.05) is 24.5 Å². The van der Waals surface area contributed by atoms with Gasteiger partial charge in [-0.2, -0.15) is 0 Å². The number of hydrogen-bond donors (Lipinski definition) is 1. The van der Waals surface area contributed by atoms with Gasteiger partial charge >= 0.3 is 0 Å². The standard InChI is InChI=1S/C14H29NO/c1-10-7-11(2)12(3)15(8-10)9-14(5,6)13(4)16/h10-13,16H,7-9H2,1-6H3. The molecule has 1 N–H and O–H groups in total. The fourth-order valence-electron chi connectivity index (χ4n) is 2.70. The first-order valence-corrected chi connectivity index (χ1v) is 6.66. The van der Waals surface area contributed by atoms with Gasteiger partial charge in [-0.25, -0.2) is 0 Å². The number of piperidine rings is 1. The van der Waals surface area contributed by atoms with Crippen LogP contribution < -0.4 is 0 Å². The summed E-state index contributed by atoms with van der Waals surface area (Å²) in [6, 6.07) is 0.647. The summed E-state index contributed by atoms with van der Waals surface area (Å²) in [5.41, 5.74) is -0.00889. The van der Waals surface area contributed by atoms with E-state index >= 15 is 0 Å². The number of rotatable bonds is 3. The molecule has 2 heteroatoms. The third-order valence-corrected chi connectivity index (χ3v) is 4.46. The molecule has 0 spiro atoms. The molecule has 4 atom stereocenters. The van der Waals surface area contributed by atoms with E-state index in [0.29, 0.717) is 6.04 Å². The van der Waals surface area contributed by atoms with Crippen molar-refractivity contribution in [2.45, 2.75) is 60.1 Å². The molecule has 0 aromatic heterocycles. The second kappa shape index (κ2) is 5.05. The Hall–Kier alpha value is -0.0800. The van der Waals surface area contributed by atoms with Crippen LogP contribution in [0.3, 0.4) is 0 Å². The molecular weight excluding hydrogens is 198 g/mol. The van der Waals surface area contributed by atoms with Crippen LogP contribution in [0.25, 0.3) is 0 Å². The van der Waals surface area contributed by atoms with Gasteiger partial charge in [-0.3, -0.25) is 4.90 Å². The minimum atomic E-state index is -0.243. The second-order valence-electron chi connectivity index (χ2n) is 6.65. The highest BCUT2D eigenvalue weighted by Crippen LogP contribution is 2.31. The summed E-state index contributed by atoms with van der Waals surface area (Å²) < 4.78 is 0. The van der Waals surface area contributed by atoms with Crippen molar-refractivity contribution in [2.24, 2.45) is 17.3 Å². The van der Waals surface area contributed by atoms with Crippen molar-refractivity contribution < 1.29 is 5.11 Å². The normalized spacial score (nSPS) is 35.1. The second-order valence-corrected chi connectivity index (χ2v) is 6.65. The molecule has 0 aromatic carbocycles. The molecule has 0 saturated carbocycles. The van der Waals surface area contributed by atoms with Gasteiger partial charge in [0.05, 0.1) is 6.10 Å². The Morgan fingerprint density at radius 1 is 1.31 bits per heavy atom. The smallest absolute Gasteiger partial charge is 0.0575 e. The largest absolute Gasteiger partial charge is 0.393 e. The minimum absolute atomic E-state index is 0.00889. The summed E-state index contributed by atoms with van der Waals surface area (Å²) in [6.45, 7) is 15.4. The molecule has 96 valence electrons. The summed E-state index contributed by atoms with van der Waals surface area (Å²) in [5, 5.41) is 9.80. The Morgan fingerprint density at radius 3 is 2.38 bits per heavy atom. The molecule has 0 aliphatic carbocycles. The predicted molar refractivity (Wildman–Crippen MR) is 69.4 cm³/mol. The van der Waals surface area contributed by atoms with Crippen LogP contribution in [0.4, 0.5) is 0 Å². The van der Waals surface area contributed by atoms with E-state index in [9.17, 15) is 5.11 Å². The first-order chi connectivity index (χ1) is 7.24. The van der Waals surface area contributed by atoms with Crippen molar-refractivity contribution in [3.8, 4) is 0 Å². The zero-order valence-corrected chi connectivity index (χ0v) is 11.8. The summed E-state index contributed by atoms with van der Waals surface area (Å²) in [5.74, 6) is 1.56. The average molecular weight is 227 g/mol. The average Bonchev–Trinajstić information content (AvgIpc) is 2.12. The van der Waals surface area contributed by atoms with Gasteiger partial charge in [0.1, 0.15) is 0 Å². The van der Waals surface area contributed by atoms with Gasteiger partial charge in [-0.1, -0.05) is 27.7 Å². The monoisotopic (exact) mass is 227 g/mol. The Kier molecular flexibility index (Phi) is 4.42. The highest BCUT2D eigenvalue weighted by Gasteiger charge is 2.34. The molecule has 1 fully saturated rings. The number of nitrogens with zero attached hydrogens (tertiary/aromatic N) is 1. The molecule has 1 aliphatic rings. The third-order valence-electron chi connectivity index (χ3n) is 4.46. The summed E-state index contributed by atoms with van der Waals surface area (Å²) in [4.78, 5) is 2.56. The number of likely N-dealkylation sites (tertiary alicyclic amines) is 1. The molecule has 4 unspecified atom stereocenters. The minimum Gasteiger partial charge on any atom is -0.393 e. The van der Waals surface area contributed by atoms with Gasteiger partial charge in [-0.05, 0) is 32.1 Å². The molecule has 0 bridgehead atoms. The predicted octanol–water partition coefficient (Wildman–Crippen LogP) is 2.76. The van der Waals surface area contributed by atoms with E-state index in [4.69, 9.17) is 0 Å². The van der Waals surface area contributed by atoms with E-state index < -0.39 is 0 Å². The van der Waals surface area contributed by atoms with Crippen LogP contribution in [0.15, 0.2) is 0 Å². The van der Waals surface area contributed by atoms with Gasteiger partial charge < -0.3 is 5.11 Å². The van der Waals surface area contributed by atoms with Crippen molar-refractivity contribution in [1.29, 1.82) is 0 Å². The number of aliphatic hydroxyl groups is 1. The van der Waals surface area contributed by atoms with E-state index in [1.165, 1.54) is 13.0 Å². The molecule has 0 aromatic rings. The Bertz CT molecular complexity index is 225. The summed E-state index contributed by atoms with van der Waals surface area (Å²) >= 11 is 0. The van der Waals surface area contributed by atoms with E-state index in [1.54, 1.807) is 0 Å². The molecular formula is C14H29NO. The van der Waals surface area contributed by atoms with Crippen molar-refractivity contribution >= 4 is 0 Å². The van der Waals surface area contributed by atoms with Crippen molar-refractivity contribution in [1.82, 2.24) is 4.90 Å². The Balaban J connectivity index is 2.65. The topological polar surface area (TPSA) is 23.5 Å². The van der Waals surface area contributed by atoms with Crippen molar-refractivity contribution in [2.75, 3.05) is 13.1 Å². The molecule has 1 rings (SSSR count). The van der Waals surface area contributed by atoms with Crippen LogP contribution in [0.2, 0.25) is 0 Å². The molecule has 16 heavy (non-hydrogen) atoms. The zero-order chi connectivity index (χ0) is 12.5. The van der Waals surface area contributed by atoms with Crippen LogP contribution in [0, 0.1) is 17.3 Å². The van der Waals surface area contributed by atoms with Gasteiger partial charge in [0.15, 0.2) is 0 Å². The lowest BCUT2D eigenvalue weighted by Crippen LogP contribution is -2.51. The highest BCUT2D eigenvalue weighted by atomic mass is 16.3. The van der Waals surface area contributed by atoms with Gasteiger partial charge in [0.2, 0.25) is 0 Å². The highest BCUT2D eigenvalue weighted by molar-refractivity contribution is 4.87. The first-order valence-electron chi connectivity index (χ1n) is 6.66. The quantitative estimate of drug-likeness (QED) is 0.801. The SMILES string of the molecule is CC1CC(C)C(C)N(CC(C)(C)C(C)O)C1. The van der Waals surface area contributed by atoms with Crippen LogP contribution in [0.5, 0.6) is 0 Å². The number of aliphatic hydroxyl groups excluding tert-OH is 1. The van der Waals surface area contributed by atoms with Crippen molar-refractivity contribution in [3.63, 3.8) is 0 Å². The maximum Gasteiger partial charge on any atom is 0.0575 e. The molecule has 2 nitrogen and oxygen atoms in total.